The molecule has 0 unspecified atom stereocenters. The number of esters is 1. The van der Waals surface area contributed by atoms with Gasteiger partial charge in [0.05, 0.1) is 12.6 Å². The van der Waals surface area contributed by atoms with Crippen molar-refractivity contribution < 1.29 is 18.3 Å². The number of fused-ring (bicyclic) bond motifs is 3. The zero-order valence-corrected chi connectivity index (χ0v) is 9.84. The number of halogens is 1. The summed E-state index contributed by atoms with van der Waals surface area (Å²) in [6.07, 6.45) is 0. The molecule has 5 nitrogen and oxygen atoms in total. The van der Waals surface area contributed by atoms with Crippen LogP contribution in [0.25, 0.3) is 16.6 Å². The van der Waals surface area contributed by atoms with E-state index in [2.05, 4.69) is 4.74 Å². The molecule has 0 aliphatic heterocycles. The zero-order valence-electron chi connectivity index (χ0n) is 9.84. The third kappa shape index (κ3) is 1.61. The summed E-state index contributed by atoms with van der Waals surface area (Å²) in [7, 11) is 1.25. The second-order valence-electron chi connectivity index (χ2n) is 3.93. The van der Waals surface area contributed by atoms with E-state index >= 15 is 0 Å². The SMILES string of the molecule is COC(=O)c1ccc2c(=O)oc3cc(F)ccc3n12. The summed E-state index contributed by atoms with van der Waals surface area (Å²) in [5.74, 6) is -1.11. The van der Waals surface area contributed by atoms with Gasteiger partial charge in [-0.25, -0.2) is 14.0 Å². The number of nitrogens with zero attached hydrogens (tertiary/aromatic N) is 1. The minimum absolute atomic E-state index is 0.0684. The van der Waals surface area contributed by atoms with E-state index in [0.717, 1.165) is 6.07 Å². The van der Waals surface area contributed by atoms with Gasteiger partial charge >= 0.3 is 11.6 Å². The molecule has 0 N–H and O–H groups in total. The highest BCUT2D eigenvalue weighted by atomic mass is 19.1. The number of ether oxygens (including phenoxy) is 1. The van der Waals surface area contributed by atoms with Crippen LogP contribution in [0.15, 0.2) is 39.5 Å². The second-order valence-corrected chi connectivity index (χ2v) is 3.93. The molecular weight excluding hydrogens is 253 g/mol. The fraction of sp³-hybridized carbons (Fsp3) is 0.0769. The van der Waals surface area contributed by atoms with Gasteiger partial charge in [0.25, 0.3) is 0 Å². The first-order valence-corrected chi connectivity index (χ1v) is 5.44. The molecule has 0 spiro atoms. The van der Waals surface area contributed by atoms with Crippen LogP contribution in [0.3, 0.4) is 0 Å². The fourth-order valence-electron chi connectivity index (χ4n) is 2.03. The summed E-state index contributed by atoms with van der Waals surface area (Å²) in [6, 6.07) is 6.68. The zero-order chi connectivity index (χ0) is 13.6. The minimum Gasteiger partial charge on any atom is -0.464 e. The Labute approximate surface area is 105 Å². The summed E-state index contributed by atoms with van der Waals surface area (Å²) < 4.78 is 24.2. The van der Waals surface area contributed by atoms with E-state index in [1.807, 2.05) is 0 Å². The molecule has 0 aliphatic carbocycles. The lowest BCUT2D eigenvalue weighted by atomic mass is 10.3. The molecule has 96 valence electrons. The van der Waals surface area contributed by atoms with Crippen LogP contribution in [-0.2, 0) is 4.74 Å². The lowest BCUT2D eigenvalue weighted by Gasteiger charge is -2.04. The van der Waals surface area contributed by atoms with E-state index in [-0.39, 0.29) is 16.8 Å². The van der Waals surface area contributed by atoms with E-state index < -0.39 is 17.4 Å². The molecule has 2 aromatic heterocycles. The molecule has 0 amide bonds. The Morgan fingerprint density at radius 1 is 1.26 bits per heavy atom. The van der Waals surface area contributed by atoms with Crippen LogP contribution in [0.4, 0.5) is 4.39 Å². The number of aromatic nitrogens is 1. The first-order chi connectivity index (χ1) is 9.11. The minimum atomic E-state index is -0.645. The van der Waals surface area contributed by atoms with Crippen LogP contribution in [0.1, 0.15) is 10.5 Å². The van der Waals surface area contributed by atoms with Crippen molar-refractivity contribution >= 4 is 22.6 Å². The highest BCUT2D eigenvalue weighted by molar-refractivity contribution is 5.92. The van der Waals surface area contributed by atoms with Crippen LogP contribution >= 0.6 is 0 Å². The quantitative estimate of drug-likeness (QED) is 0.628. The molecule has 0 aliphatic rings. The van der Waals surface area contributed by atoms with Crippen molar-refractivity contribution in [2.75, 3.05) is 7.11 Å². The van der Waals surface area contributed by atoms with Crippen molar-refractivity contribution in [2.45, 2.75) is 0 Å². The van der Waals surface area contributed by atoms with Gasteiger partial charge < -0.3 is 9.15 Å². The van der Waals surface area contributed by atoms with E-state index in [4.69, 9.17) is 4.42 Å². The Hall–Kier alpha value is -2.63. The number of methoxy groups -OCH3 is 1. The molecule has 0 fully saturated rings. The topological polar surface area (TPSA) is 60.9 Å². The van der Waals surface area contributed by atoms with Crippen LogP contribution < -0.4 is 5.63 Å². The Morgan fingerprint density at radius 2 is 2.00 bits per heavy atom. The van der Waals surface area contributed by atoms with Crippen molar-refractivity contribution in [1.82, 2.24) is 4.40 Å². The van der Waals surface area contributed by atoms with Gasteiger partial charge in [-0.3, -0.25) is 4.40 Å². The van der Waals surface area contributed by atoms with Crippen LogP contribution in [0.2, 0.25) is 0 Å². The lowest BCUT2D eigenvalue weighted by molar-refractivity contribution is 0.0593. The monoisotopic (exact) mass is 261 g/mol. The third-order valence-electron chi connectivity index (χ3n) is 2.85. The molecular formula is C13H8FNO4. The average Bonchev–Trinajstić information content (AvgIpc) is 2.83. The van der Waals surface area contributed by atoms with E-state index in [0.29, 0.717) is 5.52 Å². The van der Waals surface area contributed by atoms with Gasteiger partial charge in [-0.15, -0.1) is 0 Å². The third-order valence-corrected chi connectivity index (χ3v) is 2.85. The maximum Gasteiger partial charge on any atom is 0.360 e. The Balaban J connectivity index is 2.53. The van der Waals surface area contributed by atoms with Crippen molar-refractivity contribution in [3.05, 3.63) is 52.3 Å². The molecule has 0 saturated carbocycles. The maximum absolute atomic E-state index is 13.2. The van der Waals surface area contributed by atoms with Gasteiger partial charge in [-0.2, -0.15) is 0 Å². The molecule has 0 bridgehead atoms. The molecule has 3 aromatic rings. The second kappa shape index (κ2) is 3.94. The van der Waals surface area contributed by atoms with Crippen molar-refractivity contribution in [3.63, 3.8) is 0 Å². The van der Waals surface area contributed by atoms with Crippen LogP contribution in [0.5, 0.6) is 0 Å². The summed E-state index contributed by atoms with van der Waals surface area (Å²) >= 11 is 0. The highest BCUT2D eigenvalue weighted by Gasteiger charge is 2.16. The van der Waals surface area contributed by atoms with E-state index in [1.54, 1.807) is 0 Å². The molecule has 1 aromatic carbocycles. The predicted molar refractivity (Wildman–Crippen MR) is 64.7 cm³/mol. The van der Waals surface area contributed by atoms with Gasteiger partial charge in [-0.05, 0) is 24.3 Å². The van der Waals surface area contributed by atoms with Crippen molar-refractivity contribution in [2.24, 2.45) is 0 Å². The molecule has 2 heterocycles. The van der Waals surface area contributed by atoms with Gasteiger partial charge in [0.1, 0.15) is 17.0 Å². The van der Waals surface area contributed by atoms with Gasteiger partial charge in [0.15, 0.2) is 5.58 Å². The lowest BCUT2D eigenvalue weighted by Crippen LogP contribution is -2.10. The number of rotatable bonds is 1. The smallest absolute Gasteiger partial charge is 0.360 e. The molecule has 0 atom stereocenters. The van der Waals surface area contributed by atoms with Crippen molar-refractivity contribution in [1.29, 1.82) is 0 Å². The van der Waals surface area contributed by atoms with Crippen LogP contribution in [0, 0.1) is 5.82 Å². The maximum atomic E-state index is 13.2. The molecule has 6 heteroatoms. The Kier molecular flexibility index (Phi) is 2.38. The highest BCUT2D eigenvalue weighted by Crippen LogP contribution is 2.19. The molecule has 3 rings (SSSR count). The normalized spacial score (nSPS) is 11.1. The summed E-state index contributed by atoms with van der Waals surface area (Å²) in [5, 5.41) is 0. The van der Waals surface area contributed by atoms with Crippen LogP contribution in [-0.4, -0.2) is 17.5 Å². The van der Waals surface area contributed by atoms with Gasteiger partial charge in [0.2, 0.25) is 0 Å². The summed E-state index contributed by atoms with van der Waals surface area (Å²) in [4.78, 5) is 23.4. The average molecular weight is 261 g/mol. The number of hydrogen-bond acceptors (Lipinski definition) is 4. The first kappa shape index (κ1) is 11.5. The fourth-order valence-corrected chi connectivity index (χ4v) is 2.03. The van der Waals surface area contributed by atoms with Gasteiger partial charge in [0, 0.05) is 6.07 Å². The molecule has 0 saturated heterocycles. The standard InChI is InChI=1S/C13H8FNO4/c1-18-12(16)9-4-5-10-13(17)19-11-6-7(14)2-3-8(11)15(9)10/h2-6H,1H3. The Morgan fingerprint density at radius 3 is 2.74 bits per heavy atom. The molecule has 0 radical (unpaired) electrons. The Bertz CT molecular complexity index is 862. The van der Waals surface area contributed by atoms with E-state index in [1.165, 1.54) is 35.8 Å². The summed E-state index contributed by atoms with van der Waals surface area (Å²) in [5.41, 5.74) is 0.218. The number of carbonyl (C=O) groups is 1. The van der Waals surface area contributed by atoms with Crippen molar-refractivity contribution in [3.8, 4) is 0 Å². The van der Waals surface area contributed by atoms with E-state index in [9.17, 15) is 14.0 Å². The number of benzene rings is 1. The van der Waals surface area contributed by atoms with Gasteiger partial charge in [-0.1, -0.05) is 0 Å². The summed E-state index contributed by atoms with van der Waals surface area (Å²) in [6.45, 7) is 0. The number of hydrogen-bond donors (Lipinski definition) is 0. The first-order valence-electron chi connectivity index (χ1n) is 5.44. The predicted octanol–water partition coefficient (Wildman–Crippen LogP) is 1.97. The largest absolute Gasteiger partial charge is 0.464 e. The number of carbonyl (C=O) groups excluding carboxylic acids is 1. The molecule has 19 heavy (non-hydrogen) atoms.